The van der Waals surface area contributed by atoms with Crippen LogP contribution in [0.4, 0.5) is 0 Å². The standard InChI is InChI=1S/C74H139NO3/c1-3-5-7-9-11-13-15-17-19-21-23-25-27-29-30-31-32-33-34-35-36-37-38-39-40-41-42-43-44-46-48-50-52-54-56-58-60-62-64-66-68-70-74(78)75-72(71-76)73(77)69-67-65-63-61-59-57-55-53-51-49-47-45-28-26-24-22-20-18-16-14-12-10-8-6-4-2/h15,17,21,23,51,53,59,61,67,69,72-73,76-77H,3-14,16,18-20,22,24-50,52,54-58,60,62-66,68,70-71H2,1-2H3,(H,75,78)/b17-15-,23-21-,53-51+,61-59+,69-67+. The lowest BCUT2D eigenvalue weighted by Gasteiger charge is -2.19. The Morgan fingerprint density at radius 3 is 0.821 bits per heavy atom. The summed E-state index contributed by atoms with van der Waals surface area (Å²) in [4.78, 5) is 12.5. The van der Waals surface area contributed by atoms with E-state index >= 15 is 0 Å². The van der Waals surface area contributed by atoms with Crippen LogP contribution in [0, 0.1) is 0 Å². The van der Waals surface area contributed by atoms with Crippen LogP contribution in [-0.4, -0.2) is 34.9 Å². The summed E-state index contributed by atoms with van der Waals surface area (Å²) in [7, 11) is 0. The summed E-state index contributed by atoms with van der Waals surface area (Å²) in [6.07, 6.45) is 99.0. The van der Waals surface area contributed by atoms with Gasteiger partial charge in [0.15, 0.2) is 0 Å². The van der Waals surface area contributed by atoms with Gasteiger partial charge < -0.3 is 15.5 Å². The third kappa shape index (κ3) is 64.9. The van der Waals surface area contributed by atoms with E-state index in [0.29, 0.717) is 6.42 Å². The van der Waals surface area contributed by atoms with Crippen LogP contribution in [0.2, 0.25) is 0 Å². The van der Waals surface area contributed by atoms with Crippen LogP contribution in [0.15, 0.2) is 60.8 Å². The van der Waals surface area contributed by atoms with E-state index in [0.717, 1.165) is 44.9 Å². The van der Waals surface area contributed by atoms with Crippen molar-refractivity contribution in [1.82, 2.24) is 5.32 Å². The Kier molecular flexibility index (Phi) is 67.7. The number of nitrogens with one attached hydrogen (secondary N) is 1. The molecule has 2 unspecified atom stereocenters. The second kappa shape index (κ2) is 69.4. The highest BCUT2D eigenvalue weighted by Crippen LogP contribution is 2.19. The van der Waals surface area contributed by atoms with Gasteiger partial charge in [-0.25, -0.2) is 0 Å². The predicted octanol–water partition coefficient (Wildman–Crippen LogP) is 24.3. The van der Waals surface area contributed by atoms with E-state index in [9.17, 15) is 15.0 Å². The molecule has 0 aliphatic heterocycles. The normalized spacial score (nSPS) is 13.0. The van der Waals surface area contributed by atoms with Crippen molar-refractivity contribution in [1.29, 1.82) is 0 Å². The zero-order valence-electron chi connectivity index (χ0n) is 53.0. The predicted molar refractivity (Wildman–Crippen MR) is 350 cm³/mol. The van der Waals surface area contributed by atoms with Crippen molar-refractivity contribution in [2.24, 2.45) is 0 Å². The van der Waals surface area contributed by atoms with E-state index in [4.69, 9.17) is 0 Å². The molecule has 78 heavy (non-hydrogen) atoms. The number of hydrogen-bond acceptors (Lipinski definition) is 3. The van der Waals surface area contributed by atoms with Gasteiger partial charge in [0.2, 0.25) is 5.91 Å². The molecular weight excluding hydrogens is 951 g/mol. The van der Waals surface area contributed by atoms with Crippen LogP contribution in [0.5, 0.6) is 0 Å². The molecule has 458 valence electrons. The molecule has 2 atom stereocenters. The number of aliphatic hydroxyl groups excluding tert-OH is 2. The zero-order chi connectivity index (χ0) is 56.2. The SMILES string of the molecule is CCCCCCC/C=C\C/C=C\CCCCCCCCCCCCCCCCCCCCCCCCCCCCCCCC(=O)NC(CO)C(O)/C=C/CC/C=C/CC/C=C/CCCCCCCCCCCCCCCCC. The first-order chi connectivity index (χ1) is 38.7. The Morgan fingerprint density at radius 1 is 0.308 bits per heavy atom. The molecule has 0 rings (SSSR count). The molecule has 0 radical (unpaired) electrons. The largest absolute Gasteiger partial charge is 0.394 e. The lowest BCUT2D eigenvalue weighted by atomic mass is 10.0. The van der Waals surface area contributed by atoms with Gasteiger partial charge in [-0.2, -0.15) is 0 Å². The van der Waals surface area contributed by atoms with Gasteiger partial charge >= 0.3 is 0 Å². The van der Waals surface area contributed by atoms with Crippen molar-refractivity contribution in [2.75, 3.05) is 6.61 Å². The van der Waals surface area contributed by atoms with Gasteiger partial charge in [0.05, 0.1) is 18.8 Å². The van der Waals surface area contributed by atoms with Crippen LogP contribution in [-0.2, 0) is 4.79 Å². The number of rotatable bonds is 66. The van der Waals surface area contributed by atoms with Gasteiger partial charge in [-0.05, 0) is 77.0 Å². The topological polar surface area (TPSA) is 69.6 Å². The fourth-order valence-electron chi connectivity index (χ4n) is 11.1. The summed E-state index contributed by atoms with van der Waals surface area (Å²) in [6, 6.07) is -0.647. The molecule has 0 heterocycles. The number of carbonyl (C=O) groups excluding carboxylic acids is 1. The van der Waals surface area contributed by atoms with Crippen LogP contribution in [0.3, 0.4) is 0 Å². The Bertz CT molecular complexity index is 1280. The Morgan fingerprint density at radius 2 is 0.538 bits per heavy atom. The average molecular weight is 1090 g/mol. The van der Waals surface area contributed by atoms with Crippen molar-refractivity contribution in [2.45, 2.75) is 398 Å². The van der Waals surface area contributed by atoms with E-state index in [-0.39, 0.29) is 12.5 Å². The Labute approximate surface area is 489 Å². The van der Waals surface area contributed by atoms with Crippen LogP contribution >= 0.6 is 0 Å². The second-order valence-electron chi connectivity index (χ2n) is 24.3. The van der Waals surface area contributed by atoms with E-state index in [2.05, 4.69) is 67.8 Å². The molecule has 0 saturated carbocycles. The number of aliphatic hydroxyl groups is 2. The molecule has 0 fully saturated rings. The van der Waals surface area contributed by atoms with Gasteiger partial charge in [0.25, 0.3) is 0 Å². The number of hydrogen-bond donors (Lipinski definition) is 3. The van der Waals surface area contributed by atoms with Crippen molar-refractivity contribution >= 4 is 5.91 Å². The lowest BCUT2D eigenvalue weighted by molar-refractivity contribution is -0.123. The second-order valence-corrected chi connectivity index (χ2v) is 24.3. The molecule has 4 heteroatoms. The zero-order valence-corrected chi connectivity index (χ0v) is 53.0. The monoisotopic (exact) mass is 1090 g/mol. The van der Waals surface area contributed by atoms with E-state index < -0.39 is 12.1 Å². The molecule has 0 aromatic heterocycles. The number of amides is 1. The number of allylic oxidation sites excluding steroid dienone is 9. The summed E-state index contributed by atoms with van der Waals surface area (Å²) in [5.74, 6) is -0.0710. The molecule has 0 aliphatic carbocycles. The third-order valence-electron chi connectivity index (χ3n) is 16.5. The van der Waals surface area contributed by atoms with Crippen molar-refractivity contribution in [3.63, 3.8) is 0 Å². The van der Waals surface area contributed by atoms with Crippen LogP contribution in [0.1, 0.15) is 386 Å². The first kappa shape index (κ1) is 76.1. The van der Waals surface area contributed by atoms with Crippen molar-refractivity contribution in [3.05, 3.63) is 60.8 Å². The fraction of sp³-hybridized carbons (Fsp3) is 0.851. The van der Waals surface area contributed by atoms with E-state index in [1.54, 1.807) is 6.08 Å². The molecule has 3 N–H and O–H groups in total. The van der Waals surface area contributed by atoms with E-state index in [1.807, 2.05) is 6.08 Å². The smallest absolute Gasteiger partial charge is 0.220 e. The minimum Gasteiger partial charge on any atom is -0.394 e. The number of carbonyl (C=O) groups is 1. The van der Waals surface area contributed by atoms with Gasteiger partial charge in [0, 0.05) is 6.42 Å². The summed E-state index contributed by atoms with van der Waals surface area (Å²) < 4.78 is 0. The molecule has 0 saturated heterocycles. The molecule has 4 nitrogen and oxygen atoms in total. The van der Waals surface area contributed by atoms with E-state index in [1.165, 1.54) is 321 Å². The molecule has 0 bridgehead atoms. The molecule has 0 spiro atoms. The van der Waals surface area contributed by atoms with Crippen molar-refractivity contribution < 1.29 is 15.0 Å². The molecule has 0 aromatic rings. The number of unbranched alkanes of at least 4 members (excludes halogenated alkanes) is 51. The highest BCUT2D eigenvalue weighted by atomic mass is 16.3. The maximum atomic E-state index is 12.5. The summed E-state index contributed by atoms with van der Waals surface area (Å²) in [6.45, 7) is 4.32. The molecule has 1 amide bonds. The van der Waals surface area contributed by atoms with Gasteiger partial charge in [-0.3, -0.25) is 4.79 Å². The third-order valence-corrected chi connectivity index (χ3v) is 16.5. The lowest BCUT2D eigenvalue weighted by Crippen LogP contribution is -2.45. The maximum absolute atomic E-state index is 12.5. The summed E-state index contributed by atoms with van der Waals surface area (Å²) in [5, 5.41) is 23.2. The van der Waals surface area contributed by atoms with Gasteiger partial charge in [-0.1, -0.05) is 364 Å². The van der Waals surface area contributed by atoms with Crippen LogP contribution in [0.25, 0.3) is 0 Å². The highest BCUT2D eigenvalue weighted by Gasteiger charge is 2.18. The summed E-state index contributed by atoms with van der Waals surface area (Å²) in [5.41, 5.74) is 0. The summed E-state index contributed by atoms with van der Waals surface area (Å²) >= 11 is 0. The average Bonchev–Trinajstić information content (AvgIpc) is 3.44. The van der Waals surface area contributed by atoms with Crippen molar-refractivity contribution in [3.8, 4) is 0 Å². The Balaban J connectivity index is 3.43. The first-order valence-electron chi connectivity index (χ1n) is 35.5. The van der Waals surface area contributed by atoms with Gasteiger partial charge in [0.1, 0.15) is 0 Å². The van der Waals surface area contributed by atoms with Gasteiger partial charge in [-0.15, -0.1) is 0 Å². The van der Waals surface area contributed by atoms with Crippen LogP contribution < -0.4 is 5.32 Å². The highest BCUT2D eigenvalue weighted by molar-refractivity contribution is 5.76. The first-order valence-corrected chi connectivity index (χ1v) is 35.5. The molecule has 0 aliphatic rings. The quantitative estimate of drug-likeness (QED) is 0.0420. The maximum Gasteiger partial charge on any atom is 0.220 e. The Hall–Kier alpha value is -1.91. The minimum absolute atomic E-state index is 0.0710. The minimum atomic E-state index is -0.872. The molecular formula is C74H139NO3. The fourth-order valence-corrected chi connectivity index (χ4v) is 11.1. The molecule has 0 aromatic carbocycles.